The van der Waals surface area contributed by atoms with Gasteiger partial charge in [-0.1, -0.05) is 6.07 Å². The molecule has 0 bridgehead atoms. The molecule has 2 aromatic rings. The molecule has 154 valence electrons. The third-order valence-electron chi connectivity index (χ3n) is 4.51. The van der Waals surface area contributed by atoms with Crippen molar-refractivity contribution in [1.82, 2.24) is 5.32 Å². The lowest BCUT2D eigenvalue weighted by Crippen LogP contribution is -2.33. The predicted octanol–water partition coefficient (Wildman–Crippen LogP) is 1.08. The second kappa shape index (κ2) is 9.90. The fourth-order valence-corrected chi connectivity index (χ4v) is 3.00. The number of aliphatic hydroxyl groups excluding tert-OH is 1. The number of nitrogens with one attached hydrogen (secondary N) is 2. The van der Waals surface area contributed by atoms with E-state index < -0.39 is 12.0 Å². The van der Waals surface area contributed by atoms with Crippen LogP contribution in [0.1, 0.15) is 22.3 Å². The number of ether oxygens (including phenoxy) is 2. The fraction of sp³-hybridized carbons (Fsp3) is 0.333. The van der Waals surface area contributed by atoms with Crippen molar-refractivity contribution in [3.8, 4) is 11.5 Å². The van der Waals surface area contributed by atoms with Crippen LogP contribution in [0.5, 0.6) is 11.5 Å². The first-order valence-corrected chi connectivity index (χ1v) is 9.49. The average molecular weight is 399 g/mol. The van der Waals surface area contributed by atoms with Gasteiger partial charge in [-0.05, 0) is 42.8 Å². The lowest BCUT2D eigenvalue weighted by molar-refractivity contribution is -0.116. The Morgan fingerprint density at radius 3 is 2.72 bits per heavy atom. The summed E-state index contributed by atoms with van der Waals surface area (Å²) in [5.74, 6) is 0.853. The molecular weight excluding hydrogens is 374 g/mol. The molecule has 0 aliphatic carbocycles. The van der Waals surface area contributed by atoms with Crippen LogP contribution in [0.3, 0.4) is 0 Å². The van der Waals surface area contributed by atoms with Crippen LogP contribution in [0.2, 0.25) is 0 Å². The number of primary amides is 1. The van der Waals surface area contributed by atoms with E-state index in [1.165, 1.54) is 0 Å². The van der Waals surface area contributed by atoms with E-state index >= 15 is 0 Å². The Hall–Kier alpha value is -3.10. The van der Waals surface area contributed by atoms with Gasteiger partial charge in [0, 0.05) is 36.3 Å². The zero-order chi connectivity index (χ0) is 20.6. The molecule has 0 aromatic heterocycles. The molecule has 0 saturated carbocycles. The van der Waals surface area contributed by atoms with Gasteiger partial charge in [-0.25, -0.2) is 0 Å². The van der Waals surface area contributed by atoms with Gasteiger partial charge in [0.2, 0.25) is 11.8 Å². The molecule has 1 aliphatic rings. The van der Waals surface area contributed by atoms with Crippen LogP contribution in [-0.2, 0) is 11.2 Å². The van der Waals surface area contributed by atoms with Crippen molar-refractivity contribution in [2.24, 2.45) is 5.73 Å². The Bertz CT molecular complexity index is 854. The Kier molecular flexibility index (Phi) is 7.04. The van der Waals surface area contributed by atoms with Crippen molar-refractivity contribution >= 4 is 17.5 Å². The van der Waals surface area contributed by atoms with Crippen molar-refractivity contribution in [1.29, 1.82) is 0 Å². The Labute approximate surface area is 169 Å². The van der Waals surface area contributed by atoms with Crippen LogP contribution in [-0.4, -0.2) is 49.3 Å². The molecule has 0 fully saturated rings. The van der Waals surface area contributed by atoms with Crippen molar-refractivity contribution in [2.45, 2.75) is 18.9 Å². The minimum atomic E-state index is -0.682. The molecule has 2 aromatic carbocycles. The second-order valence-corrected chi connectivity index (χ2v) is 6.74. The van der Waals surface area contributed by atoms with E-state index in [1.807, 2.05) is 18.2 Å². The number of rotatable bonds is 10. The molecule has 1 atom stereocenters. The van der Waals surface area contributed by atoms with Gasteiger partial charge in [-0.3, -0.25) is 9.59 Å². The number of anilines is 1. The van der Waals surface area contributed by atoms with Gasteiger partial charge in [0.15, 0.2) is 0 Å². The summed E-state index contributed by atoms with van der Waals surface area (Å²) in [6.45, 7) is 1.46. The highest BCUT2D eigenvalue weighted by molar-refractivity contribution is 5.94. The number of hydrogen-bond donors (Lipinski definition) is 4. The summed E-state index contributed by atoms with van der Waals surface area (Å²) < 4.78 is 11.3. The highest BCUT2D eigenvalue weighted by atomic mass is 16.5. The fourth-order valence-electron chi connectivity index (χ4n) is 3.00. The molecule has 1 heterocycles. The molecule has 29 heavy (non-hydrogen) atoms. The molecule has 3 rings (SSSR count). The third-order valence-corrected chi connectivity index (χ3v) is 4.51. The summed E-state index contributed by atoms with van der Waals surface area (Å²) in [6, 6.07) is 12.1. The van der Waals surface area contributed by atoms with E-state index in [9.17, 15) is 14.7 Å². The highest BCUT2D eigenvalue weighted by Gasteiger charge is 2.18. The smallest absolute Gasteiger partial charge is 0.248 e. The van der Waals surface area contributed by atoms with Crippen LogP contribution in [0.15, 0.2) is 42.5 Å². The first-order chi connectivity index (χ1) is 14.0. The molecule has 1 aliphatic heterocycles. The second-order valence-electron chi connectivity index (χ2n) is 6.74. The van der Waals surface area contributed by atoms with Gasteiger partial charge in [0.05, 0.1) is 0 Å². The zero-order valence-electron chi connectivity index (χ0n) is 16.0. The molecular formula is C21H25N3O5. The molecule has 8 nitrogen and oxygen atoms in total. The van der Waals surface area contributed by atoms with Crippen molar-refractivity contribution in [3.63, 3.8) is 0 Å². The number of carbonyl (C=O) groups excluding carboxylic acids is 2. The van der Waals surface area contributed by atoms with E-state index in [4.69, 9.17) is 15.2 Å². The van der Waals surface area contributed by atoms with Crippen molar-refractivity contribution in [3.05, 3.63) is 53.6 Å². The number of nitrogens with two attached hydrogens (primary N) is 1. The SMILES string of the molecule is NC(=O)c1ccc(OCCNCC(O)COc2cccc3c2CCC(=O)N3)cc1. The van der Waals surface area contributed by atoms with E-state index in [0.717, 1.165) is 11.3 Å². The number of amides is 2. The lowest BCUT2D eigenvalue weighted by Gasteiger charge is -2.21. The summed E-state index contributed by atoms with van der Waals surface area (Å²) in [7, 11) is 0. The Balaban J connectivity index is 1.34. The van der Waals surface area contributed by atoms with Gasteiger partial charge in [-0.2, -0.15) is 0 Å². The van der Waals surface area contributed by atoms with Gasteiger partial charge >= 0.3 is 0 Å². The molecule has 0 spiro atoms. The largest absolute Gasteiger partial charge is 0.492 e. The lowest BCUT2D eigenvalue weighted by atomic mass is 10.0. The van der Waals surface area contributed by atoms with Crippen molar-refractivity contribution < 1.29 is 24.2 Å². The first-order valence-electron chi connectivity index (χ1n) is 9.49. The predicted molar refractivity (Wildman–Crippen MR) is 108 cm³/mol. The number of benzene rings is 2. The Morgan fingerprint density at radius 2 is 1.97 bits per heavy atom. The summed E-state index contributed by atoms with van der Waals surface area (Å²) in [4.78, 5) is 22.5. The topological polar surface area (TPSA) is 123 Å². The third kappa shape index (κ3) is 5.94. The Morgan fingerprint density at radius 1 is 1.17 bits per heavy atom. The molecule has 2 amide bonds. The standard InChI is InChI=1S/C21H25N3O5/c22-21(27)14-4-6-16(7-5-14)28-11-10-23-12-15(25)13-29-19-3-1-2-18-17(19)8-9-20(26)24-18/h1-7,15,23,25H,8-13H2,(H2,22,27)(H,24,26). The van der Waals surface area contributed by atoms with Crippen LogP contribution in [0.25, 0.3) is 0 Å². The average Bonchev–Trinajstić information content (AvgIpc) is 2.72. The highest BCUT2D eigenvalue weighted by Crippen LogP contribution is 2.31. The van der Waals surface area contributed by atoms with E-state index in [2.05, 4.69) is 10.6 Å². The monoisotopic (exact) mass is 399 g/mol. The number of hydrogen-bond acceptors (Lipinski definition) is 6. The first kappa shape index (κ1) is 20.6. The van der Waals surface area contributed by atoms with E-state index in [1.54, 1.807) is 24.3 Å². The summed E-state index contributed by atoms with van der Waals surface area (Å²) >= 11 is 0. The van der Waals surface area contributed by atoms with Gasteiger partial charge < -0.3 is 30.9 Å². The number of fused-ring (bicyclic) bond motifs is 1. The summed E-state index contributed by atoms with van der Waals surface area (Å²) in [5.41, 5.74) is 7.36. The minimum absolute atomic E-state index is 0.00455. The van der Waals surface area contributed by atoms with Crippen LogP contribution < -0.4 is 25.8 Å². The maximum Gasteiger partial charge on any atom is 0.248 e. The van der Waals surface area contributed by atoms with Crippen LogP contribution >= 0.6 is 0 Å². The molecule has 5 N–H and O–H groups in total. The van der Waals surface area contributed by atoms with Crippen LogP contribution in [0, 0.1) is 0 Å². The van der Waals surface area contributed by atoms with Crippen molar-refractivity contribution in [2.75, 3.05) is 31.6 Å². The molecule has 0 radical (unpaired) electrons. The summed E-state index contributed by atoms with van der Waals surface area (Å²) in [5, 5.41) is 16.0. The molecule has 8 heteroatoms. The van der Waals surface area contributed by atoms with Gasteiger partial charge in [0.25, 0.3) is 0 Å². The van der Waals surface area contributed by atoms with E-state index in [-0.39, 0.29) is 12.5 Å². The maximum atomic E-state index is 11.5. The molecule has 1 unspecified atom stereocenters. The summed E-state index contributed by atoms with van der Waals surface area (Å²) in [6.07, 6.45) is 0.380. The van der Waals surface area contributed by atoms with Gasteiger partial charge in [-0.15, -0.1) is 0 Å². The quantitative estimate of drug-likeness (QED) is 0.444. The zero-order valence-corrected chi connectivity index (χ0v) is 16.0. The van der Waals surface area contributed by atoms with Gasteiger partial charge in [0.1, 0.15) is 30.8 Å². The van der Waals surface area contributed by atoms with Crippen LogP contribution in [0.4, 0.5) is 5.69 Å². The molecule has 0 saturated heterocycles. The normalized spacial score (nSPS) is 13.9. The number of aliphatic hydroxyl groups is 1. The maximum absolute atomic E-state index is 11.5. The van der Waals surface area contributed by atoms with E-state index in [0.29, 0.717) is 49.6 Å². The minimum Gasteiger partial charge on any atom is -0.492 e. The number of carbonyl (C=O) groups is 2.